The van der Waals surface area contributed by atoms with Crippen molar-refractivity contribution >= 4 is 46.3 Å². The molecule has 33 heavy (non-hydrogen) atoms. The second kappa shape index (κ2) is 12.3. The van der Waals surface area contributed by atoms with Crippen LogP contribution in [0.2, 0.25) is 10.0 Å². The Morgan fingerprint density at radius 3 is 2.21 bits per heavy atom. The van der Waals surface area contributed by atoms with E-state index in [1.165, 1.54) is 27.2 Å². The maximum atomic E-state index is 13.0. The summed E-state index contributed by atoms with van der Waals surface area (Å²) in [6.07, 6.45) is 0. The highest BCUT2D eigenvalue weighted by Crippen LogP contribution is 2.42. The van der Waals surface area contributed by atoms with Crippen molar-refractivity contribution in [3.8, 4) is 23.0 Å². The summed E-state index contributed by atoms with van der Waals surface area (Å²) in [7, 11) is 2.87. The van der Waals surface area contributed by atoms with Crippen LogP contribution in [0, 0.1) is 0 Å². The Bertz CT molecular complexity index is 1050. The summed E-state index contributed by atoms with van der Waals surface area (Å²) in [5, 5.41) is 11.0. The zero-order chi connectivity index (χ0) is 24.5. The number of carbonyl (C=O) groups is 2. The Kier molecular flexibility index (Phi) is 9.74. The molecule has 0 saturated carbocycles. The third kappa shape index (κ3) is 6.49. The summed E-state index contributed by atoms with van der Waals surface area (Å²) >= 11 is 12.5. The number of amides is 1. The summed E-state index contributed by atoms with van der Waals surface area (Å²) in [6, 6.07) is 4.77. The molecule has 0 radical (unpaired) electrons. The van der Waals surface area contributed by atoms with Gasteiger partial charge in [0.15, 0.2) is 17.3 Å². The van der Waals surface area contributed by atoms with Crippen molar-refractivity contribution in [2.75, 3.05) is 32.8 Å². The Hall–Kier alpha value is -3.04. The van der Waals surface area contributed by atoms with Crippen LogP contribution in [-0.2, 0) is 9.59 Å². The smallest absolute Gasteiger partial charge is 0.258 e. The number of anilines is 1. The summed E-state index contributed by atoms with van der Waals surface area (Å²) in [6.45, 7) is 5.49. The minimum absolute atomic E-state index is 0.119. The average molecular weight is 498 g/mol. The van der Waals surface area contributed by atoms with Crippen molar-refractivity contribution in [3.63, 3.8) is 0 Å². The summed E-state index contributed by atoms with van der Waals surface area (Å²) in [5.74, 6) is -0.0138. The van der Waals surface area contributed by atoms with Crippen LogP contribution < -0.4 is 24.3 Å². The van der Waals surface area contributed by atoms with Gasteiger partial charge < -0.3 is 24.3 Å². The molecule has 11 heteroatoms. The maximum absolute atomic E-state index is 13.0. The number of rotatable bonds is 11. The van der Waals surface area contributed by atoms with E-state index in [1.807, 2.05) is 0 Å². The summed E-state index contributed by atoms with van der Waals surface area (Å²) in [5.41, 5.74) is 0.352. The van der Waals surface area contributed by atoms with E-state index in [9.17, 15) is 9.59 Å². The molecular formula is C22H25Cl2N3O6. The van der Waals surface area contributed by atoms with Gasteiger partial charge in [-0.3, -0.25) is 9.59 Å². The molecule has 0 aliphatic carbocycles. The van der Waals surface area contributed by atoms with E-state index in [0.29, 0.717) is 35.5 Å². The minimum atomic E-state index is -1.47. The van der Waals surface area contributed by atoms with Crippen LogP contribution in [-0.4, -0.2) is 45.2 Å². The highest BCUT2D eigenvalue weighted by molar-refractivity contribution is 6.34. The van der Waals surface area contributed by atoms with Crippen LogP contribution in [0.5, 0.6) is 23.0 Å². The third-order valence-corrected chi connectivity index (χ3v) is 4.84. The Balaban J connectivity index is 2.41. The van der Waals surface area contributed by atoms with Crippen molar-refractivity contribution < 1.29 is 28.5 Å². The maximum Gasteiger partial charge on any atom is 0.258 e. The minimum Gasteiger partial charge on any atom is -0.495 e. The van der Waals surface area contributed by atoms with E-state index >= 15 is 0 Å². The van der Waals surface area contributed by atoms with Crippen molar-refractivity contribution in [1.82, 2.24) is 0 Å². The number of nitrogens with one attached hydrogen (secondary N) is 1. The molecule has 178 valence electrons. The normalized spacial score (nSPS) is 11.7. The molecule has 1 N–H and O–H groups in total. The van der Waals surface area contributed by atoms with Gasteiger partial charge in [-0.1, -0.05) is 23.2 Å². The lowest BCUT2D eigenvalue weighted by Gasteiger charge is -2.17. The lowest BCUT2D eigenvalue weighted by atomic mass is 10.2. The first-order valence-electron chi connectivity index (χ1n) is 9.99. The van der Waals surface area contributed by atoms with Gasteiger partial charge in [-0.25, -0.2) is 0 Å². The molecule has 0 spiro atoms. The van der Waals surface area contributed by atoms with Gasteiger partial charge in [0.05, 0.1) is 33.1 Å². The van der Waals surface area contributed by atoms with Crippen LogP contribution in [0.4, 0.5) is 11.4 Å². The molecule has 0 bridgehead atoms. The Labute approximate surface area is 202 Å². The monoisotopic (exact) mass is 497 g/mol. The number of azo groups is 1. The van der Waals surface area contributed by atoms with Crippen LogP contribution in [0.3, 0.4) is 0 Å². The van der Waals surface area contributed by atoms with Crippen molar-refractivity contribution in [2.45, 2.75) is 26.8 Å². The highest BCUT2D eigenvalue weighted by Gasteiger charge is 2.26. The van der Waals surface area contributed by atoms with Gasteiger partial charge in [-0.05, 0) is 39.0 Å². The number of halogens is 2. The second-order valence-electron chi connectivity index (χ2n) is 6.50. The molecule has 0 aliphatic heterocycles. The number of carbonyl (C=O) groups excluding carboxylic acids is 2. The Morgan fingerprint density at radius 1 is 1.00 bits per heavy atom. The molecule has 0 saturated heterocycles. The molecule has 2 aromatic rings. The third-order valence-electron chi connectivity index (χ3n) is 4.26. The largest absolute Gasteiger partial charge is 0.495 e. The first kappa shape index (κ1) is 26.2. The fraction of sp³-hybridized carbons (Fsp3) is 0.364. The number of hydrogen-bond acceptors (Lipinski definition) is 8. The van der Waals surface area contributed by atoms with E-state index in [-0.39, 0.29) is 22.1 Å². The molecule has 0 heterocycles. The van der Waals surface area contributed by atoms with E-state index in [2.05, 4.69) is 15.5 Å². The number of nitrogens with zero attached hydrogens (tertiary/aromatic N) is 2. The SMILES string of the molecule is CCOc1cc(Cl)cc(NC(=O)C(N=Nc2c(OC)ccc(OC)c2Cl)C(C)=O)c1OCC. The molecule has 0 aromatic heterocycles. The van der Waals surface area contributed by atoms with Gasteiger partial charge in [0, 0.05) is 11.1 Å². The molecule has 9 nitrogen and oxygen atoms in total. The van der Waals surface area contributed by atoms with Gasteiger partial charge in [0.2, 0.25) is 6.04 Å². The molecular weight excluding hydrogens is 473 g/mol. The number of Topliss-reactive ketones (excluding diaryl/α,β-unsaturated/α-hetero) is 1. The predicted octanol–water partition coefficient (Wildman–Crippen LogP) is 5.49. The fourth-order valence-corrected chi connectivity index (χ4v) is 3.28. The predicted molar refractivity (Wildman–Crippen MR) is 126 cm³/mol. The summed E-state index contributed by atoms with van der Waals surface area (Å²) < 4.78 is 21.6. The molecule has 0 aliphatic rings. The average Bonchev–Trinajstić information content (AvgIpc) is 2.76. The molecule has 2 rings (SSSR count). The quantitative estimate of drug-likeness (QED) is 0.324. The molecule has 2 aromatic carbocycles. The number of ketones is 1. The molecule has 1 unspecified atom stereocenters. The van der Waals surface area contributed by atoms with Crippen molar-refractivity contribution in [2.24, 2.45) is 10.2 Å². The van der Waals surface area contributed by atoms with Crippen molar-refractivity contribution in [3.05, 3.63) is 34.3 Å². The van der Waals surface area contributed by atoms with Crippen LogP contribution in [0.1, 0.15) is 20.8 Å². The first-order valence-corrected chi connectivity index (χ1v) is 10.7. The van der Waals surface area contributed by atoms with Crippen molar-refractivity contribution in [1.29, 1.82) is 0 Å². The van der Waals surface area contributed by atoms with E-state index < -0.39 is 17.7 Å². The number of ether oxygens (including phenoxy) is 4. The van der Waals surface area contributed by atoms with Gasteiger partial charge >= 0.3 is 0 Å². The van der Waals surface area contributed by atoms with Crippen LogP contribution >= 0.6 is 23.2 Å². The van der Waals surface area contributed by atoms with Gasteiger partial charge in [-0.2, -0.15) is 5.11 Å². The summed E-state index contributed by atoms with van der Waals surface area (Å²) in [4.78, 5) is 25.2. The Morgan fingerprint density at radius 2 is 1.64 bits per heavy atom. The van der Waals surface area contributed by atoms with E-state index in [4.69, 9.17) is 42.1 Å². The number of methoxy groups -OCH3 is 2. The van der Waals surface area contributed by atoms with Gasteiger partial charge in [0.1, 0.15) is 22.2 Å². The first-order chi connectivity index (χ1) is 15.8. The lowest BCUT2D eigenvalue weighted by Crippen LogP contribution is -2.32. The molecule has 1 amide bonds. The van der Waals surface area contributed by atoms with E-state index in [1.54, 1.807) is 32.0 Å². The zero-order valence-electron chi connectivity index (χ0n) is 18.9. The van der Waals surface area contributed by atoms with Gasteiger partial charge in [0.25, 0.3) is 5.91 Å². The topological polar surface area (TPSA) is 108 Å². The van der Waals surface area contributed by atoms with E-state index in [0.717, 1.165) is 0 Å². The van der Waals surface area contributed by atoms with Crippen LogP contribution in [0.25, 0.3) is 0 Å². The number of benzene rings is 2. The molecule has 1 atom stereocenters. The van der Waals surface area contributed by atoms with Crippen LogP contribution in [0.15, 0.2) is 34.5 Å². The van der Waals surface area contributed by atoms with Gasteiger partial charge in [-0.15, -0.1) is 5.11 Å². The lowest BCUT2D eigenvalue weighted by molar-refractivity contribution is -0.126. The molecule has 0 fully saturated rings. The second-order valence-corrected chi connectivity index (χ2v) is 7.31. The zero-order valence-corrected chi connectivity index (χ0v) is 20.4. The standard InChI is InChI=1S/C22H25Cl2N3O6/c1-6-32-17-11-13(23)10-14(21(17)33-7-2)25-22(29)19(12(3)28)26-27-20-16(31-5)9-8-15(30-4)18(20)24/h8-11,19H,6-7H2,1-5H3,(H,25,29). The number of hydrogen-bond donors (Lipinski definition) is 1. The fourth-order valence-electron chi connectivity index (χ4n) is 2.80. The highest BCUT2D eigenvalue weighted by atomic mass is 35.5.